The van der Waals surface area contributed by atoms with Gasteiger partial charge in [-0.2, -0.15) is 5.10 Å². The highest BCUT2D eigenvalue weighted by atomic mass is 19.1. The lowest BCUT2D eigenvalue weighted by Crippen LogP contribution is -2.37. The molecule has 144 valence electrons. The van der Waals surface area contributed by atoms with Crippen LogP contribution in [0.3, 0.4) is 0 Å². The molecule has 2 heterocycles. The molecular formula is C21H21FN4O2. The number of hydrogen-bond acceptors (Lipinski definition) is 4. The number of aromatic amines is 1. The van der Waals surface area contributed by atoms with Crippen LogP contribution in [0, 0.1) is 5.82 Å². The zero-order chi connectivity index (χ0) is 19.5. The van der Waals surface area contributed by atoms with Gasteiger partial charge < -0.3 is 15.0 Å². The number of hydrogen-bond donors (Lipinski definition) is 2. The van der Waals surface area contributed by atoms with Gasteiger partial charge in [0.2, 0.25) is 0 Å². The van der Waals surface area contributed by atoms with Crippen molar-refractivity contribution in [3.05, 3.63) is 66.0 Å². The lowest BCUT2D eigenvalue weighted by atomic mass is 10.1. The molecule has 2 N–H and O–H groups in total. The molecule has 1 amide bonds. The zero-order valence-electron chi connectivity index (χ0n) is 15.5. The molecule has 1 fully saturated rings. The van der Waals surface area contributed by atoms with Crippen molar-refractivity contribution in [2.24, 2.45) is 0 Å². The first kappa shape index (κ1) is 18.0. The van der Waals surface area contributed by atoms with E-state index < -0.39 is 0 Å². The number of carbonyl (C=O) groups excluding carboxylic acids is 1. The van der Waals surface area contributed by atoms with Crippen LogP contribution in [-0.2, 0) is 0 Å². The largest absolute Gasteiger partial charge is 0.497 e. The normalized spacial score (nSPS) is 16.2. The van der Waals surface area contributed by atoms with Gasteiger partial charge in [-0.3, -0.25) is 9.89 Å². The van der Waals surface area contributed by atoms with Crippen molar-refractivity contribution >= 4 is 11.7 Å². The molecule has 3 aromatic rings. The second-order valence-electron chi connectivity index (χ2n) is 6.78. The van der Waals surface area contributed by atoms with E-state index in [1.165, 1.54) is 12.1 Å². The SMILES string of the molecule is COc1ccc(C(=O)NC2CCN(c3cc(-c4ccc(F)cc4)[nH]n3)C2)cc1. The Kier molecular flexibility index (Phi) is 4.97. The van der Waals surface area contributed by atoms with Crippen LogP contribution < -0.4 is 15.0 Å². The van der Waals surface area contributed by atoms with Gasteiger partial charge >= 0.3 is 0 Å². The average Bonchev–Trinajstić information content (AvgIpc) is 3.38. The Balaban J connectivity index is 1.37. The van der Waals surface area contributed by atoms with E-state index in [9.17, 15) is 9.18 Å². The van der Waals surface area contributed by atoms with Crippen LogP contribution in [0.2, 0.25) is 0 Å². The number of aromatic nitrogens is 2. The zero-order valence-corrected chi connectivity index (χ0v) is 15.5. The predicted molar refractivity (Wildman–Crippen MR) is 105 cm³/mol. The summed E-state index contributed by atoms with van der Waals surface area (Å²) >= 11 is 0. The molecule has 0 radical (unpaired) electrons. The van der Waals surface area contributed by atoms with Crippen molar-refractivity contribution in [2.75, 3.05) is 25.1 Å². The van der Waals surface area contributed by atoms with Gasteiger partial charge in [-0.15, -0.1) is 0 Å². The second-order valence-corrected chi connectivity index (χ2v) is 6.78. The maximum atomic E-state index is 13.1. The van der Waals surface area contributed by atoms with Crippen molar-refractivity contribution in [2.45, 2.75) is 12.5 Å². The summed E-state index contributed by atoms with van der Waals surface area (Å²) in [6.45, 7) is 1.50. The predicted octanol–water partition coefficient (Wildman–Crippen LogP) is 3.23. The van der Waals surface area contributed by atoms with Crippen LogP contribution in [0.4, 0.5) is 10.2 Å². The van der Waals surface area contributed by atoms with E-state index in [2.05, 4.69) is 20.4 Å². The smallest absolute Gasteiger partial charge is 0.251 e. The number of nitrogens with one attached hydrogen (secondary N) is 2. The number of anilines is 1. The van der Waals surface area contributed by atoms with Crippen molar-refractivity contribution in [3.8, 4) is 17.0 Å². The van der Waals surface area contributed by atoms with Gasteiger partial charge in [-0.25, -0.2) is 4.39 Å². The van der Waals surface area contributed by atoms with E-state index >= 15 is 0 Å². The highest BCUT2D eigenvalue weighted by Gasteiger charge is 2.26. The minimum absolute atomic E-state index is 0.0561. The Morgan fingerprint density at radius 2 is 1.96 bits per heavy atom. The van der Waals surface area contributed by atoms with Gasteiger partial charge in [0.05, 0.1) is 12.8 Å². The molecule has 1 atom stereocenters. The fourth-order valence-electron chi connectivity index (χ4n) is 3.35. The first-order valence-electron chi connectivity index (χ1n) is 9.13. The molecule has 2 aromatic carbocycles. The van der Waals surface area contributed by atoms with Gasteiger partial charge in [-0.05, 0) is 60.5 Å². The van der Waals surface area contributed by atoms with E-state index in [1.54, 1.807) is 43.5 Å². The number of amides is 1. The van der Waals surface area contributed by atoms with Crippen molar-refractivity contribution in [1.29, 1.82) is 0 Å². The topological polar surface area (TPSA) is 70.2 Å². The minimum atomic E-state index is -0.265. The standard InChI is InChI=1S/C21H21FN4O2/c1-28-18-8-4-15(5-9-18)21(27)23-17-10-11-26(13-17)20-12-19(24-25-20)14-2-6-16(22)7-3-14/h2-9,12,17H,10-11,13H2,1H3,(H,23,27)(H,24,25). The van der Waals surface area contributed by atoms with Crippen LogP contribution in [-0.4, -0.2) is 42.3 Å². The van der Waals surface area contributed by atoms with Gasteiger partial charge in [0.25, 0.3) is 5.91 Å². The Morgan fingerprint density at radius 3 is 2.68 bits per heavy atom. The first-order chi connectivity index (χ1) is 13.6. The third-order valence-corrected chi connectivity index (χ3v) is 4.92. The Bertz CT molecular complexity index is 953. The number of rotatable bonds is 5. The number of ether oxygens (including phenoxy) is 1. The summed E-state index contributed by atoms with van der Waals surface area (Å²) in [7, 11) is 1.60. The first-order valence-corrected chi connectivity index (χ1v) is 9.13. The van der Waals surface area contributed by atoms with E-state index in [-0.39, 0.29) is 17.8 Å². The maximum Gasteiger partial charge on any atom is 0.251 e. The third kappa shape index (κ3) is 3.83. The maximum absolute atomic E-state index is 13.1. The summed E-state index contributed by atoms with van der Waals surface area (Å²) in [6, 6.07) is 15.3. The highest BCUT2D eigenvalue weighted by molar-refractivity contribution is 5.94. The fourth-order valence-corrected chi connectivity index (χ4v) is 3.35. The quantitative estimate of drug-likeness (QED) is 0.713. The van der Waals surface area contributed by atoms with E-state index in [0.717, 1.165) is 35.8 Å². The van der Waals surface area contributed by atoms with E-state index in [4.69, 9.17) is 4.74 Å². The monoisotopic (exact) mass is 380 g/mol. The molecule has 4 rings (SSSR count). The molecule has 1 aliphatic heterocycles. The number of halogens is 1. The molecule has 6 nitrogen and oxygen atoms in total. The second kappa shape index (κ2) is 7.72. The van der Waals surface area contributed by atoms with Crippen molar-refractivity contribution in [1.82, 2.24) is 15.5 Å². The molecule has 7 heteroatoms. The van der Waals surface area contributed by atoms with Crippen LogP contribution >= 0.6 is 0 Å². The number of carbonyl (C=O) groups is 1. The molecule has 0 bridgehead atoms. The summed E-state index contributed by atoms with van der Waals surface area (Å²) in [4.78, 5) is 14.6. The number of benzene rings is 2. The molecule has 1 aliphatic rings. The van der Waals surface area contributed by atoms with Crippen LogP contribution in [0.25, 0.3) is 11.3 Å². The summed E-state index contributed by atoms with van der Waals surface area (Å²) in [5.41, 5.74) is 2.32. The third-order valence-electron chi connectivity index (χ3n) is 4.92. The molecule has 1 unspecified atom stereocenters. The minimum Gasteiger partial charge on any atom is -0.497 e. The van der Waals surface area contributed by atoms with Crippen molar-refractivity contribution in [3.63, 3.8) is 0 Å². The molecule has 1 saturated heterocycles. The molecule has 1 aromatic heterocycles. The number of H-pyrrole nitrogens is 1. The molecule has 0 aliphatic carbocycles. The van der Waals surface area contributed by atoms with Gasteiger partial charge in [-0.1, -0.05) is 0 Å². The molecule has 0 saturated carbocycles. The lowest BCUT2D eigenvalue weighted by Gasteiger charge is -2.16. The average molecular weight is 380 g/mol. The highest BCUT2D eigenvalue weighted by Crippen LogP contribution is 2.24. The van der Waals surface area contributed by atoms with Gasteiger partial charge in [0, 0.05) is 30.8 Å². The Morgan fingerprint density at radius 1 is 1.21 bits per heavy atom. The van der Waals surface area contributed by atoms with Crippen LogP contribution in [0.1, 0.15) is 16.8 Å². The molecule has 0 spiro atoms. The number of methoxy groups -OCH3 is 1. The summed E-state index contributed by atoms with van der Waals surface area (Å²) < 4.78 is 18.2. The van der Waals surface area contributed by atoms with E-state index in [1.807, 2.05) is 6.07 Å². The van der Waals surface area contributed by atoms with E-state index in [0.29, 0.717) is 12.1 Å². The summed E-state index contributed by atoms with van der Waals surface area (Å²) in [5.74, 6) is 1.18. The van der Waals surface area contributed by atoms with Crippen LogP contribution in [0.15, 0.2) is 54.6 Å². The Labute approximate surface area is 162 Å². The van der Waals surface area contributed by atoms with Crippen molar-refractivity contribution < 1.29 is 13.9 Å². The summed E-state index contributed by atoms with van der Waals surface area (Å²) in [5, 5.41) is 10.4. The molecule has 28 heavy (non-hydrogen) atoms. The summed E-state index contributed by atoms with van der Waals surface area (Å²) in [6.07, 6.45) is 0.848. The Hall–Kier alpha value is -3.35. The molecular weight excluding hydrogens is 359 g/mol. The van der Waals surface area contributed by atoms with Gasteiger partial charge in [0.15, 0.2) is 5.82 Å². The lowest BCUT2D eigenvalue weighted by molar-refractivity contribution is 0.0940. The number of nitrogens with zero attached hydrogens (tertiary/aromatic N) is 2. The van der Waals surface area contributed by atoms with Crippen LogP contribution in [0.5, 0.6) is 5.75 Å². The van der Waals surface area contributed by atoms with Gasteiger partial charge in [0.1, 0.15) is 11.6 Å². The fraction of sp³-hybridized carbons (Fsp3) is 0.238.